The topological polar surface area (TPSA) is 21.3 Å². The monoisotopic (exact) mass is 281 g/mol. The Balaban J connectivity index is 0.00000180. The largest absolute Gasteiger partial charge is 0.497 e. The van der Waals surface area contributed by atoms with Crippen LogP contribution in [0.4, 0.5) is 4.39 Å². The van der Waals surface area contributed by atoms with Crippen LogP contribution in [-0.4, -0.2) is 7.11 Å². The Kier molecular flexibility index (Phi) is 6.33. The lowest BCUT2D eigenvalue weighted by Crippen LogP contribution is -2.13. The molecule has 2 aromatic rings. The first kappa shape index (κ1) is 15.5. The van der Waals surface area contributed by atoms with Crippen LogP contribution in [0.5, 0.6) is 5.75 Å². The molecule has 0 saturated heterocycles. The van der Waals surface area contributed by atoms with Gasteiger partial charge in [-0.2, -0.15) is 0 Å². The summed E-state index contributed by atoms with van der Waals surface area (Å²) in [4.78, 5) is 0. The van der Waals surface area contributed by atoms with Crippen molar-refractivity contribution in [3.63, 3.8) is 0 Å². The molecule has 0 saturated carbocycles. The number of rotatable bonds is 5. The number of hydrogen-bond donors (Lipinski definition) is 1. The zero-order valence-electron chi connectivity index (χ0n) is 10.7. The van der Waals surface area contributed by atoms with Gasteiger partial charge >= 0.3 is 0 Å². The van der Waals surface area contributed by atoms with Crippen molar-refractivity contribution in [2.45, 2.75) is 13.1 Å². The summed E-state index contributed by atoms with van der Waals surface area (Å²) in [6.07, 6.45) is 0. The molecule has 2 aromatic carbocycles. The van der Waals surface area contributed by atoms with E-state index in [4.69, 9.17) is 4.74 Å². The third-order valence-electron chi connectivity index (χ3n) is 2.76. The van der Waals surface area contributed by atoms with E-state index < -0.39 is 0 Å². The van der Waals surface area contributed by atoms with E-state index in [1.54, 1.807) is 19.2 Å². The van der Waals surface area contributed by atoms with Gasteiger partial charge in [0.1, 0.15) is 11.6 Å². The van der Waals surface area contributed by atoms with Crippen molar-refractivity contribution in [1.29, 1.82) is 0 Å². The minimum absolute atomic E-state index is 0. The lowest BCUT2D eigenvalue weighted by molar-refractivity contribution is 0.414. The summed E-state index contributed by atoms with van der Waals surface area (Å²) >= 11 is 0. The second-order valence-electron chi connectivity index (χ2n) is 4.04. The molecule has 0 aliphatic heterocycles. The van der Waals surface area contributed by atoms with Gasteiger partial charge < -0.3 is 10.1 Å². The van der Waals surface area contributed by atoms with Gasteiger partial charge in [-0.25, -0.2) is 4.39 Å². The van der Waals surface area contributed by atoms with Crippen molar-refractivity contribution in [1.82, 2.24) is 5.32 Å². The maximum absolute atomic E-state index is 13.4. The maximum Gasteiger partial charge on any atom is 0.127 e. The zero-order chi connectivity index (χ0) is 12.8. The molecule has 0 aliphatic rings. The van der Waals surface area contributed by atoms with E-state index in [0.717, 1.165) is 11.3 Å². The van der Waals surface area contributed by atoms with Crippen LogP contribution >= 0.6 is 12.4 Å². The van der Waals surface area contributed by atoms with Crippen molar-refractivity contribution in [2.24, 2.45) is 0 Å². The van der Waals surface area contributed by atoms with Crippen LogP contribution < -0.4 is 10.1 Å². The first-order chi connectivity index (χ1) is 8.79. The van der Waals surface area contributed by atoms with Crippen molar-refractivity contribution in [3.8, 4) is 5.75 Å². The van der Waals surface area contributed by atoms with Crippen molar-refractivity contribution >= 4 is 12.4 Å². The molecule has 0 amide bonds. The van der Waals surface area contributed by atoms with Crippen LogP contribution in [0.1, 0.15) is 11.1 Å². The predicted molar refractivity (Wildman–Crippen MR) is 77.2 cm³/mol. The lowest BCUT2D eigenvalue weighted by atomic mass is 10.2. The fourth-order valence-electron chi connectivity index (χ4n) is 1.73. The Bertz CT molecular complexity index is 502. The van der Waals surface area contributed by atoms with E-state index in [1.807, 2.05) is 30.3 Å². The minimum Gasteiger partial charge on any atom is -0.497 e. The molecule has 0 spiro atoms. The van der Waals surface area contributed by atoms with Crippen LogP contribution in [0.25, 0.3) is 0 Å². The van der Waals surface area contributed by atoms with E-state index in [2.05, 4.69) is 5.32 Å². The van der Waals surface area contributed by atoms with Crippen LogP contribution in [0, 0.1) is 5.82 Å². The summed E-state index contributed by atoms with van der Waals surface area (Å²) in [6.45, 7) is 1.23. The Morgan fingerprint density at radius 3 is 2.32 bits per heavy atom. The molecule has 0 radical (unpaired) electrons. The van der Waals surface area contributed by atoms with Gasteiger partial charge in [0, 0.05) is 18.7 Å². The van der Waals surface area contributed by atoms with Crippen molar-refractivity contribution in [2.75, 3.05) is 7.11 Å². The summed E-state index contributed by atoms with van der Waals surface area (Å²) in [5.74, 6) is 0.674. The molecule has 0 unspecified atom stereocenters. The summed E-state index contributed by atoms with van der Waals surface area (Å²) in [7, 11) is 1.64. The molecule has 0 bridgehead atoms. The molecule has 102 valence electrons. The number of hydrogen-bond acceptors (Lipinski definition) is 2. The highest BCUT2D eigenvalue weighted by molar-refractivity contribution is 5.85. The summed E-state index contributed by atoms with van der Waals surface area (Å²) in [6, 6.07) is 14.6. The molecular weight excluding hydrogens is 265 g/mol. The van der Waals surface area contributed by atoms with Crippen LogP contribution in [0.2, 0.25) is 0 Å². The van der Waals surface area contributed by atoms with E-state index in [0.29, 0.717) is 18.7 Å². The van der Waals surface area contributed by atoms with E-state index in [-0.39, 0.29) is 18.2 Å². The van der Waals surface area contributed by atoms with Gasteiger partial charge in [-0.15, -0.1) is 12.4 Å². The smallest absolute Gasteiger partial charge is 0.127 e. The molecule has 4 heteroatoms. The molecule has 0 atom stereocenters. The quantitative estimate of drug-likeness (QED) is 0.905. The number of halogens is 2. The number of nitrogens with one attached hydrogen (secondary N) is 1. The van der Waals surface area contributed by atoms with Gasteiger partial charge in [-0.1, -0.05) is 30.3 Å². The third-order valence-corrected chi connectivity index (χ3v) is 2.76. The van der Waals surface area contributed by atoms with Crippen LogP contribution in [-0.2, 0) is 13.1 Å². The number of benzene rings is 2. The van der Waals surface area contributed by atoms with Gasteiger partial charge in [-0.3, -0.25) is 0 Å². The predicted octanol–water partition coefficient (Wildman–Crippen LogP) is 3.55. The normalized spacial score (nSPS) is 9.79. The Morgan fingerprint density at radius 2 is 1.68 bits per heavy atom. The standard InChI is InChI=1S/C15H16FNO.ClH/c1-18-14-8-6-12(7-9-14)10-17-11-13-4-2-3-5-15(13)16;/h2-9,17H,10-11H2,1H3;1H. The first-order valence-electron chi connectivity index (χ1n) is 5.86. The second-order valence-corrected chi connectivity index (χ2v) is 4.04. The highest BCUT2D eigenvalue weighted by atomic mass is 35.5. The second kappa shape index (κ2) is 7.77. The van der Waals surface area contributed by atoms with E-state index >= 15 is 0 Å². The van der Waals surface area contributed by atoms with Gasteiger partial charge in [0.15, 0.2) is 0 Å². The fourth-order valence-corrected chi connectivity index (χ4v) is 1.73. The average Bonchev–Trinajstić information content (AvgIpc) is 2.42. The zero-order valence-corrected chi connectivity index (χ0v) is 11.5. The van der Waals surface area contributed by atoms with Gasteiger partial charge in [0.05, 0.1) is 7.11 Å². The third kappa shape index (κ3) is 4.54. The molecular formula is C15H17ClFNO. The van der Waals surface area contributed by atoms with Crippen LogP contribution in [0.3, 0.4) is 0 Å². The van der Waals surface area contributed by atoms with Gasteiger partial charge in [0.2, 0.25) is 0 Å². The van der Waals surface area contributed by atoms with E-state index in [9.17, 15) is 4.39 Å². The van der Waals surface area contributed by atoms with Crippen molar-refractivity contribution < 1.29 is 9.13 Å². The molecule has 0 aromatic heterocycles. The summed E-state index contributed by atoms with van der Waals surface area (Å²) < 4.78 is 18.4. The number of methoxy groups -OCH3 is 1. The van der Waals surface area contributed by atoms with Crippen molar-refractivity contribution in [3.05, 3.63) is 65.5 Å². The summed E-state index contributed by atoms with van der Waals surface area (Å²) in [5.41, 5.74) is 1.83. The molecule has 0 fully saturated rings. The average molecular weight is 282 g/mol. The Labute approximate surface area is 119 Å². The number of ether oxygens (including phenoxy) is 1. The minimum atomic E-state index is -0.167. The Morgan fingerprint density at radius 1 is 1.00 bits per heavy atom. The highest BCUT2D eigenvalue weighted by Crippen LogP contribution is 2.11. The summed E-state index contributed by atoms with van der Waals surface area (Å²) in [5, 5.41) is 3.22. The van der Waals surface area contributed by atoms with E-state index in [1.165, 1.54) is 6.07 Å². The van der Waals surface area contributed by atoms with Crippen LogP contribution in [0.15, 0.2) is 48.5 Å². The molecule has 1 N–H and O–H groups in total. The Hall–Kier alpha value is -1.58. The molecule has 2 rings (SSSR count). The molecule has 0 aliphatic carbocycles. The maximum atomic E-state index is 13.4. The molecule has 2 nitrogen and oxygen atoms in total. The fraction of sp³-hybridized carbons (Fsp3) is 0.200. The lowest BCUT2D eigenvalue weighted by Gasteiger charge is -2.07. The van der Waals surface area contributed by atoms with Gasteiger partial charge in [-0.05, 0) is 23.8 Å². The first-order valence-corrected chi connectivity index (χ1v) is 5.86. The SMILES string of the molecule is COc1ccc(CNCc2ccccc2F)cc1.Cl. The highest BCUT2D eigenvalue weighted by Gasteiger charge is 2.00. The molecule has 0 heterocycles. The van der Waals surface area contributed by atoms with Gasteiger partial charge in [0.25, 0.3) is 0 Å². The molecule has 19 heavy (non-hydrogen) atoms.